The lowest BCUT2D eigenvalue weighted by Crippen LogP contribution is -2.43. The molecule has 0 saturated heterocycles. The molecule has 2 amide bonds. The van der Waals surface area contributed by atoms with Crippen LogP contribution in [-0.4, -0.2) is 29.4 Å². The summed E-state index contributed by atoms with van der Waals surface area (Å²) in [4.78, 5) is 27.4. The van der Waals surface area contributed by atoms with Crippen LogP contribution in [0.15, 0.2) is 11.7 Å². The van der Waals surface area contributed by atoms with Gasteiger partial charge in [0.15, 0.2) is 0 Å². The van der Waals surface area contributed by atoms with Gasteiger partial charge >= 0.3 is 0 Å². The Morgan fingerprint density at radius 2 is 2.18 bits per heavy atom. The van der Waals surface area contributed by atoms with Crippen LogP contribution in [0.2, 0.25) is 0 Å². The Hall–Kier alpha value is -1.43. The molecule has 0 saturated carbocycles. The van der Waals surface area contributed by atoms with E-state index in [1.807, 2.05) is 13.8 Å². The fourth-order valence-electron chi connectivity index (χ4n) is 1.31. The monoisotopic (exact) mass is 255 g/mol. The average molecular weight is 255 g/mol. The smallest absolute Gasteiger partial charge is 0.263 e. The molecule has 1 aromatic heterocycles. The van der Waals surface area contributed by atoms with E-state index in [-0.39, 0.29) is 11.8 Å². The third-order valence-electron chi connectivity index (χ3n) is 2.36. The first-order valence-electron chi connectivity index (χ1n) is 5.36. The Balaban J connectivity index is 2.48. The molecule has 0 bridgehead atoms. The third-order valence-corrected chi connectivity index (χ3v) is 3.14. The molecule has 1 heterocycles. The highest BCUT2D eigenvalue weighted by atomic mass is 32.1. The van der Waals surface area contributed by atoms with Crippen molar-refractivity contribution in [3.63, 3.8) is 0 Å². The van der Waals surface area contributed by atoms with E-state index in [0.29, 0.717) is 17.7 Å². The van der Waals surface area contributed by atoms with Crippen molar-refractivity contribution >= 4 is 23.2 Å². The van der Waals surface area contributed by atoms with Crippen molar-refractivity contribution in [2.24, 2.45) is 0 Å². The summed E-state index contributed by atoms with van der Waals surface area (Å²) in [5, 5.41) is 5.45. The van der Waals surface area contributed by atoms with E-state index in [2.05, 4.69) is 15.6 Å². The van der Waals surface area contributed by atoms with Crippen molar-refractivity contribution in [2.45, 2.75) is 32.2 Å². The van der Waals surface area contributed by atoms with Crippen LogP contribution in [0.5, 0.6) is 0 Å². The van der Waals surface area contributed by atoms with Gasteiger partial charge in [-0.1, -0.05) is 0 Å². The highest BCUT2D eigenvalue weighted by Gasteiger charge is 2.22. The Morgan fingerprint density at radius 1 is 1.47 bits per heavy atom. The summed E-state index contributed by atoms with van der Waals surface area (Å²) in [6, 6.07) is 0. The minimum absolute atomic E-state index is 0.0230. The van der Waals surface area contributed by atoms with Gasteiger partial charge < -0.3 is 10.6 Å². The van der Waals surface area contributed by atoms with Gasteiger partial charge in [-0.2, -0.15) is 0 Å². The fraction of sp³-hybridized carbons (Fsp3) is 0.545. The van der Waals surface area contributed by atoms with Gasteiger partial charge in [-0.05, 0) is 20.3 Å². The summed E-state index contributed by atoms with van der Waals surface area (Å²) >= 11 is 1.30. The Morgan fingerprint density at radius 3 is 2.71 bits per heavy atom. The molecule has 1 aromatic rings. The van der Waals surface area contributed by atoms with Gasteiger partial charge in [0.2, 0.25) is 5.91 Å². The molecular formula is C11H17N3O2S. The SMILES string of the molecule is CNC(=O)CCC(C)(C)NC(=O)c1cncs1. The largest absolute Gasteiger partial charge is 0.359 e. The normalized spacial score (nSPS) is 11.0. The molecular weight excluding hydrogens is 238 g/mol. The lowest BCUT2D eigenvalue weighted by molar-refractivity contribution is -0.121. The van der Waals surface area contributed by atoms with Crippen LogP contribution < -0.4 is 10.6 Å². The second-order valence-corrected chi connectivity index (χ2v) is 5.26. The highest BCUT2D eigenvalue weighted by molar-refractivity contribution is 7.11. The minimum Gasteiger partial charge on any atom is -0.359 e. The summed E-state index contributed by atoms with van der Waals surface area (Å²) < 4.78 is 0. The van der Waals surface area contributed by atoms with Crippen LogP contribution in [0.4, 0.5) is 0 Å². The number of carbonyl (C=O) groups excluding carboxylic acids is 2. The third kappa shape index (κ3) is 4.52. The number of amides is 2. The lowest BCUT2D eigenvalue weighted by atomic mass is 9.98. The van der Waals surface area contributed by atoms with Gasteiger partial charge in [0, 0.05) is 19.0 Å². The van der Waals surface area contributed by atoms with Gasteiger partial charge in [0.25, 0.3) is 5.91 Å². The molecule has 0 spiro atoms. The van der Waals surface area contributed by atoms with E-state index in [1.54, 1.807) is 12.6 Å². The Labute approximate surface area is 105 Å². The van der Waals surface area contributed by atoms with Crippen molar-refractivity contribution < 1.29 is 9.59 Å². The standard InChI is InChI=1S/C11H17N3O2S/c1-11(2,5-4-9(15)12-3)14-10(16)8-6-13-7-17-8/h6-7H,4-5H2,1-3H3,(H,12,15)(H,14,16). The van der Waals surface area contributed by atoms with Crippen LogP contribution in [0.1, 0.15) is 36.4 Å². The zero-order chi connectivity index (χ0) is 12.9. The van der Waals surface area contributed by atoms with E-state index < -0.39 is 5.54 Å². The van der Waals surface area contributed by atoms with Gasteiger partial charge in [0.1, 0.15) is 4.88 Å². The number of thiazole rings is 1. The maximum Gasteiger partial charge on any atom is 0.263 e. The molecule has 1 rings (SSSR count). The Kier molecular flexibility index (Phi) is 4.62. The number of nitrogens with zero attached hydrogens (tertiary/aromatic N) is 1. The quantitative estimate of drug-likeness (QED) is 0.830. The second kappa shape index (κ2) is 5.77. The highest BCUT2D eigenvalue weighted by Crippen LogP contribution is 2.14. The number of hydrogen-bond acceptors (Lipinski definition) is 4. The van der Waals surface area contributed by atoms with Crippen molar-refractivity contribution in [1.29, 1.82) is 0 Å². The van der Waals surface area contributed by atoms with Crippen LogP contribution in [0, 0.1) is 0 Å². The molecule has 0 fully saturated rings. The molecule has 94 valence electrons. The zero-order valence-electron chi connectivity index (χ0n) is 10.2. The zero-order valence-corrected chi connectivity index (χ0v) is 11.1. The molecule has 17 heavy (non-hydrogen) atoms. The van der Waals surface area contributed by atoms with Gasteiger partial charge in [-0.25, -0.2) is 0 Å². The van der Waals surface area contributed by atoms with Crippen molar-refractivity contribution in [1.82, 2.24) is 15.6 Å². The molecule has 2 N–H and O–H groups in total. The summed E-state index contributed by atoms with van der Waals surface area (Å²) in [7, 11) is 1.60. The van der Waals surface area contributed by atoms with Crippen LogP contribution in [0.3, 0.4) is 0 Å². The topological polar surface area (TPSA) is 71.1 Å². The Bertz CT molecular complexity index is 387. The van der Waals surface area contributed by atoms with Crippen molar-refractivity contribution in [2.75, 3.05) is 7.05 Å². The van der Waals surface area contributed by atoms with Gasteiger partial charge in [-0.3, -0.25) is 14.6 Å². The molecule has 0 aliphatic rings. The second-order valence-electron chi connectivity index (χ2n) is 4.38. The van der Waals surface area contributed by atoms with Crippen LogP contribution >= 0.6 is 11.3 Å². The number of aromatic nitrogens is 1. The number of nitrogens with one attached hydrogen (secondary N) is 2. The number of hydrogen-bond donors (Lipinski definition) is 2. The fourth-order valence-corrected chi connectivity index (χ4v) is 1.83. The van der Waals surface area contributed by atoms with E-state index >= 15 is 0 Å². The average Bonchev–Trinajstić information content (AvgIpc) is 2.78. The molecule has 6 heteroatoms. The van der Waals surface area contributed by atoms with E-state index in [0.717, 1.165) is 0 Å². The first-order chi connectivity index (χ1) is 7.94. The maximum atomic E-state index is 11.8. The molecule has 0 radical (unpaired) electrons. The summed E-state index contributed by atoms with van der Waals surface area (Å²) in [6.45, 7) is 3.80. The van der Waals surface area contributed by atoms with Crippen LogP contribution in [-0.2, 0) is 4.79 Å². The first kappa shape index (κ1) is 13.6. The molecule has 0 aromatic carbocycles. The molecule has 0 unspecified atom stereocenters. The predicted octanol–water partition coefficient (Wildman–Crippen LogP) is 1.18. The summed E-state index contributed by atoms with van der Waals surface area (Å²) in [5.41, 5.74) is 1.21. The molecule has 5 nitrogen and oxygen atoms in total. The van der Waals surface area contributed by atoms with Crippen molar-refractivity contribution in [3.8, 4) is 0 Å². The molecule has 0 atom stereocenters. The lowest BCUT2D eigenvalue weighted by Gasteiger charge is -2.25. The minimum atomic E-state index is -0.409. The molecule has 0 aliphatic heterocycles. The van der Waals surface area contributed by atoms with Crippen LogP contribution in [0.25, 0.3) is 0 Å². The number of carbonyl (C=O) groups is 2. The predicted molar refractivity (Wildman–Crippen MR) is 67.0 cm³/mol. The molecule has 0 aliphatic carbocycles. The van der Waals surface area contributed by atoms with E-state index in [4.69, 9.17) is 0 Å². The van der Waals surface area contributed by atoms with Crippen molar-refractivity contribution in [3.05, 3.63) is 16.6 Å². The summed E-state index contributed by atoms with van der Waals surface area (Å²) in [6.07, 6.45) is 2.53. The summed E-state index contributed by atoms with van der Waals surface area (Å²) in [5.74, 6) is -0.167. The van der Waals surface area contributed by atoms with E-state index in [9.17, 15) is 9.59 Å². The first-order valence-corrected chi connectivity index (χ1v) is 6.24. The van der Waals surface area contributed by atoms with Gasteiger partial charge in [0.05, 0.1) is 11.7 Å². The number of rotatable bonds is 5. The van der Waals surface area contributed by atoms with Gasteiger partial charge in [-0.15, -0.1) is 11.3 Å². The maximum absolute atomic E-state index is 11.8. The van der Waals surface area contributed by atoms with E-state index in [1.165, 1.54) is 17.5 Å².